The Bertz CT molecular complexity index is 611. The molecule has 23 heavy (non-hydrogen) atoms. The first-order chi connectivity index (χ1) is 10.9. The van der Waals surface area contributed by atoms with Gasteiger partial charge < -0.3 is 24.3 Å². The van der Waals surface area contributed by atoms with Crippen molar-refractivity contribution in [2.45, 2.75) is 25.9 Å². The van der Waals surface area contributed by atoms with Crippen LogP contribution >= 0.6 is 0 Å². The van der Waals surface area contributed by atoms with Crippen LogP contribution in [0.4, 0.5) is 5.69 Å². The van der Waals surface area contributed by atoms with E-state index in [2.05, 4.69) is 5.32 Å². The molecule has 0 amide bonds. The van der Waals surface area contributed by atoms with Crippen LogP contribution in [0.15, 0.2) is 36.0 Å². The lowest BCUT2D eigenvalue weighted by Gasteiger charge is -2.29. The number of cyclic esters (lactones) is 2. The molecule has 0 saturated carbocycles. The second-order valence-electron chi connectivity index (χ2n) is 5.31. The van der Waals surface area contributed by atoms with Crippen LogP contribution < -0.4 is 5.32 Å². The van der Waals surface area contributed by atoms with Gasteiger partial charge in [-0.3, -0.25) is 0 Å². The Morgan fingerprint density at radius 3 is 2.30 bits per heavy atom. The summed E-state index contributed by atoms with van der Waals surface area (Å²) < 4.78 is 20.4. The zero-order valence-corrected chi connectivity index (χ0v) is 13.4. The second kappa shape index (κ2) is 6.80. The summed E-state index contributed by atoms with van der Waals surface area (Å²) in [7, 11) is 3.07. The Morgan fingerprint density at radius 2 is 1.74 bits per heavy atom. The molecule has 0 radical (unpaired) electrons. The van der Waals surface area contributed by atoms with E-state index in [1.165, 1.54) is 34.3 Å². The molecule has 0 atom stereocenters. The summed E-state index contributed by atoms with van der Waals surface area (Å²) in [6.45, 7) is 2.98. The number of esters is 2. The van der Waals surface area contributed by atoms with Gasteiger partial charge >= 0.3 is 11.9 Å². The van der Waals surface area contributed by atoms with Crippen LogP contribution in [0.25, 0.3) is 0 Å². The number of methoxy groups -OCH3 is 2. The Labute approximate surface area is 134 Å². The third-order valence-corrected chi connectivity index (χ3v) is 3.09. The number of ether oxygens (including phenoxy) is 4. The molecule has 0 aromatic heterocycles. The van der Waals surface area contributed by atoms with Crippen molar-refractivity contribution in [3.63, 3.8) is 0 Å². The van der Waals surface area contributed by atoms with E-state index in [1.807, 2.05) is 6.07 Å². The highest BCUT2D eigenvalue weighted by molar-refractivity contribution is 6.15. The van der Waals surface area contributed by atoms with Crippen molar-refractivity contribution in [3.05, 3.63) is 41.6 Å². The monoisotopic (exact) mass is 321 g/mol. The maximum absolute atomic E-state index is 11.8. The van der Waals surface area contributed by atoms with E-state index in [9.17, 15) is 9.59 Å². The highest BCUT2D eigenvalue weighted by atomic mass is 16.7. The Hall–Kier alpha value is -2.38. The maximum atomic E-state index is 11.8. The van der Waals surface area contributed by atoms with Crippen LogP contribution in [0, 0.1) is 0 Å². The first-order valence-corrected chi connectivity index (χ1v) is 6.95. The average molecular weight is 321 g/mol. The summed E-state index contributed by atoms with van der Waals surface area (Å²) in [5, 5.41) is 2.87. The Balaban J connectivity index is 2.15. The van der Waals surface area contributed by atoms with Crippen LogP contribution in [0.1, 0.15) is 25.7 Å². The van der Waals surface area contributed by atoms with Gasteiger partial charge in [0, 0.05) is 45.5 Å². The van der Waals surface area contributed by atoms with E-state index in [1.54, 1.807) is 18.2 Å². The van der Waals surface area contributed by atoms with Crippen LogP contribution in [0.3, 0.4) is 0 Å². The topological polar surface area (TPSA) is 83.1 Å². The van der Waals surface area contributed by atoms with Crippen molar-refractivity contribution in [1.29, 1.82) is 0 Å². The molecule has 1 saturated heterocycles. The zero-order chi connectivity index (χ0) is 17.0. The molecule has 1 N–H and O–H groups in total. The van der Waals surface area contributed by atoms with Gasteiger partial charge in [-0.05, 0) is 12.1 Å². The van der Waals surface area contributed by atoms with Gasteiger partial charge in [0.1, 0.15) is 0 Å². The fourth-order valence-electron chi connectivity index (χ4n) is 2.08. The molecule has 1 aromatic carbocycles. The van der Waals surface area contributed by atoms with Gasteiger partial charge in [0.25, 0.3) is 5.79 Å². The molecule has 1 aliphatic heterocycles. The second-order valence-corrected chi connectivity index (χ2v) is 5.31. The first kappa shape index (κ1) is 17.0. The SMILES string of the molecule is COC(OC)c1cccc(NC=C2C(=O)OC(C)(C)OC2=O)c1. The lowest BCUT2D eigenvalue weighted by molar-refractivity contribution is -0.222. The quantitative estimate of drug-likeness (QED) is 0.385. The van der Waals surface area contributed by atoms with Crippen molar-refractivity contribution in [2.24, 2.45) is 0 Å². The number of hydrogen-bond donors (Lipinski definition) is 1. The van der Waals surface area contributed by atoms with Crippen LogP contribution in [0.2, 0.25) is 0 Å². The third-order valence-electron chi connectivity index (χ3n) is 3.09. The lowest BCUT2D eigenvalue weighted by Crippen LogP contribution is -2.42. The molecule has 2 rings (SSSR count). The molecule has 1 aliphatic rings. The molecule has 0 bridgehead atoms. The number of benzene rings is 1. The highest BCUT2D eigenvalue weighted by Crippen LogP contribution is 2.24. The predicted octanol–water partition coefficient (Wildman–Crippen LogP) is 2.11. The van der Waals surface area contributed by atoms with Crippen LogP contribution in [-0.2, 0) is 28.5 Å². The van der Waals surface area contributed by atoms with Gasteiger partial charge in [0.05, 0.1) is 0 Å². The molecular weight excluding hydrogens is 302 g/mol. The molecule has 1 fully saturated rings. The summed E-state index contributed by atoms with van der Waals surface area (Å²) in [5.41, 5.74) is 1.23. The molecule has 0 aliphatic carbocycles. The minimum atomic E-state index is -1.25. The predicted molar refractivity (Wildman–Crippen MR) is 81.2 cm³/mol. The van der Waals surface area contributed by atoms with Gasteiger partial charge in [0.2, 0.25) is 0 Å². The van der Waals surface area contributed by atoms with Gasteiger partial charge in [-0.25, -0.2) is 9.59 Å². The molecule has 0 spiro atoms. The van der Waals surface area contributed by atoms with Crippen molar-refractivity contribution < 1.29 is 28.5 Å². The minimum Gasteiger partial charge on any atom is -0.419 e. The maximum Gasteiger partial charge on any atom is 0.350 e. The Morgan fingerprint density at radius 1 is 1.13 bits per heavy atom. The molecule has 1 aromatic rings. The number of carbonyl (C=O) groups is 2. The zero-order valence-electron chi connectivity index (χ0n) is 13.4. The number of anilines is 1. The normalized spacial score (nSPS) is 16.8. The third kappa shape index (κ3) is 4.08. The Kier molecular flexibility index (Phi) is 5.02. The smallest absolute Gasteiger partial charge is 0.350 e. The van der Waals surface area contributed by atoms with Gasteiger partial charge in [0.15, 0.2) is 11.9 Å². The van der Waals surface area contributed by atoms with Gasteiger partial charge in [-0.15, -0.1) is 0 Å². The summed E-state index contributed by atoms with van der Waals surface area (Å²) >= 11 is 0. The van der Waals surface area contributed by atoms with Crippen molar-refractivity contribution in [1.82, 2.24) is 0 Å². The fraction of sp³-hybridized carbons (Fsp3) is 0.375. The average Bonchev–Trinajstić information content (AvgIpc) is 2.47. The van der Waals surface area contributed by atoms with E-state index in [4.69, 9.17) is 18.9 Å². The summed E-state index contributed by atoms with van der Waals surface area (Å²) in [6, 6.07) is 7.17. The van der Waals surface area contributed by atoms with E-state index >= 15 is 0 Å². The number of nitrogens with one attached hydrogen (secondary N) is 1. The summed E-state index contributed by atoms with van der Waals surface area (Å²) in [5.74, 6) is -2.72. The summed E-state index contributed by atoms with van der Waals surface area (Å²) in [6.07, 6.45) is 0.753. The summed E-state index contributed by atoms with van der Waals surface area (Å²) in [4.78, 5) is 23.7. The van der Waals surface area contributed by atoms with Gasteiger partial charge in [-0.2, -0.15) is 0 Å². The standard InChI is InChI=1S/C16H19NO6/c1-16(2)22-13(18)12(14(19)23-16)9-17-11-7-5-6-10(8-11)15(20-3)21-4/h5-9,15,17H,1-4H3. The largest absolute Gasteiger partial charge is 0.419 e. The van der Waals surface area contributed by atoms with Crippen molar-refractivity contribution in [2.75, 3.05) is 19.5 Å². The molecule has 124 valence electrons. The highest BCUT2D eigenvalue weighted by Gasteiger charge is 2.38. The van der Waals surface area contributed by atoms with E-state index in [0.29, 0.717) is 5.69 Å². The number of hydrogen-bond acceptors (Lipinski definition) is 7. The molecule has 7 nitrogen and oxygen atoms in total. The van der Waals surface area contributed by atoms with Crippen LogP contribution in [0.5, 0.6) is 0 Å². The van der Waals surface area contributed by atoms with Crippen molar-refractivity contribution >= 4 is 17.6 Å². The molecule has 0 unspecified atom stereocenters. The minimum absolute atomic E-state index is 0.204. The van der Waals surface area contributed by atoms with E-state index < -0.39 is 24.0 Å². The van der Waals surface area contributed by atoms with Gasteiger partial charge in [-0.1, -0.05) is 12.1 Å². The first-order valence-electron chi connectivity index (χ1n) is 6.95. The lowest BCUT2D eigenvalue weighted by atomic mass is 10.2. The van der Waals surface area contributed by atoms with E-state index in [-0.39, 0.29) is 5.57 Å². The molecule has 1 heterocycles. The van der Waals surface area contributed by atoms with Crippen molar-refractivity contribution in [3.8, 4) is 0 Å². The van der Waals surface area contributed by atoms with Crippen LogP contribution in [-0.4, -0.2) is 31.9 Å². The number of rotatable bonds is 5. The fourth-order valence-corrected chi connectivity index (χ4v) is 2.08. The van der Waals surface area contributed by atoms with E-state index in [0.717, 1.165) is 5.56 Å². The number of carbonyl (C=O) groups excluding carboxylic acids is 2. The molecule has 7 heteroatoms. The molecular formula is C16H19NO6.